The van der Waals surface area contributed by atoms with Crippen molar-refractivity contribution in [3.63, 3.8) is 0 Å². The van der Waals surface area contributed by atoms with E-state index in [0.29, 0.717) is 28.7 Å². The second-order valence-corrected chi connectivity index (χ2v) is 9.33. The van der Waals surface area contributed by atoms with E-state index in [1.54, 1.807) is 18.3 Å². The highest BCUT2D eigenvalue weighted by Gasteiger charge is 2.41. The van der Waals surface area contributed by atoms with Crippen LogP contribution in [0.25, 0.3) is 11.3 Å². The average molecular weight is 528 g/mol. The number of thiocarbonyl (C=S) groups is 1. The molecule has 38 heavy (non-hydrogen) atoms. The molecule has 1 aliphatic heterocycles. The predicted molar refractivity (Wildman–Crippen MR) is 147 cm³/mol. The summed E-state index contributed by atoms with van der Waals surface area (Å²) in [4.78, 5) is 29.9. The first-order valence-corrected chi connectivity index (χ1v) is 12.5. The zero-order valence-electron chi connectivity index (χ0n) is 20.5. The molecule has 4 aromatic rings. The van der Waals surface area contributed by atoms with Crippen LogP contribution in [-0.2, 0) is 4.79 Å². The summed E-state index contributed by atoms with van der Waals surface area (Å²) in [5.41, 5.74) is 3.29. The number of nitro benzene ring substituents is 1. The highest BCUT2D eigenvalue weighted by Crippen LogP contribution is 2.40. The molecule has 0 unspecified atom stereocenters. The normalized spacial score (nSPS) is 16.8. The third kappa shape index (κ3) is 5.25. The number of rotatable bonds is 8. The lowest BCUT2D eigenvalue weighted by molar-refractivity contribution is -0.384. The number of anilines is 1. The van der Waals surface area contributed by atoms with Crippen LogP contribution in [-0.4, -0.2) is 32.4 Å². The molecule has 9 nitrogen and oxygen atoms in total. The Kier molecular flexibility index (Phi) is 7.14. The van der Waals surface area contributed by atoms with E-state index in [9.17, 15) is 14.9 Å². The van der Waals surface area contributed by atoms with E-state index < -0.39 is 4.92 Å². The molecule has 2 aromatic carbocycles. The summed E-state index contributed by atoms with van der Waals surface area (Å²) in [6.45, 7) is 2.31. The molecule has 0 aliphatic carbocycles. The number of para-hydroxylation sites is 1. The van der Waals surface area contributed by atoms with Crippen LogP contribution in [0.3, 0.4) is 0 Å². The van der Waals surface area contributed by atoms with Crippen molar-refractivity contribution in [1.29, 1.82) is 0 Å². The van der Waals surface area contributed by atoms with Crippen LogP contribution in [0.4, 0.5) is 11.4 Å². The molecule has 192 valence electrons. The molecule has 2 aromatic heterocycles. The SMILES string of the molecule is Cc1ccccc1NC(=O)CCN1C(=S)N[C@@H](c2ccccn2)[C@@H]1c1ccc(-c2ccc([N+](=O)[O-])cc2)o1. The van der Waals surface area contributed by atoms with E-state index in [2.05, 4.69) is 15.6 Å². The van der Waals surface area contributed by atoms with Gasteiger partial charge in [0.25, 0.3) is 5.69 Å². The van der Waals surface area contributed by atoms with Crippen molar-refractivity contribution in [2.45, 2.75) is 25.4 Å². The Bertz CT molecular complexity index is 1470. The summed E-state index contributed by atoms with van der Waals surface area (Å²) >= 11 is 5.69. The summed E-state index contributed by atoms with van der Waals surface area (Å²) in [5.74, 6) is 1.10. The number of benzene rings is 2. The Morgan fingerprint density at radius 1 is 1.11 bits per heavy atom. The van der Waals surface area contributed by atoms with Crippen molar-refractivity contribution >= 4 is 34.6 Å². The smallest absolute Gasteiger partial charge is 0.269 e. The third-order valence-electron chi connectivity index (χ3n) is 6.48. The van der Waals surface area contributed by atoms with E-state index in [4.69, 9.17) is 16.6 Å². The maximum atomic E-state index is 12.8. The summed E-state index contributed by atoms with van der Waals surface area (Å²) < 4.78 is 6.26. The first kappa shape index (κ1) is 25.1. The molecule has 0 radical (unpaired) electrons. The first-order chi connectivity index (χ1) is 18.4. The molecular weight excluding hydrogens is 502 g/mol. The maximum absolute atomic E-state index is 12.8. The quantitative estimate of drug-likeness (QED) is 0.174. The van der Waals surface area contributed by atoms with Gasteiger partial charge in [-0.25, -0.2) is 0 Å². The van der Waals surface area contributed by atoms with Gasteiger partial charge in [-0.2, -0.15) is 0 Å². The summed E-state index contributed by atoms with van der Waals surface area (Å²) in [6.07, 6.45) is 1.94. The Hall–Kier alpha value is -4.57. The first-order valence-electron chi connectivity index (χ1n) is 12.1. The maximum Gasteiger partial charge on any atom is 0.269 e. The fourth-order valence-electron chi connectivity index (χ4n) is 4.52. The van der Waals surface area contributed by atoms with Crippen LogP contribution in [0.15, 0.2) is 89.5 Å². The van der Waals surface area contributed by atoms with Crippen LogP contribution in [0.5, 0.6) is 0 Å². The second kappa shape index (κ2) is 10.8. The lowest BCUT2D eigenvalue weighted by Gasteiger charge is -2.26. The molecule has 1 saturated heterocycles. The van der Waals surface area contributed by atoms with Crippen molar-refractivity contribution < 1.29 is 14.1 Å². The minimum Gasteiger partial charge on any atom is -0.459 e. The van der Waals surface area contributed by atoms with Crippen LogP contribution < -0.4 is 10.6 Å². The van der Waals surface area contributed by atoms with Gasteiger partial charge >= 0.3 is 0 Å². The van der Waals surface area contributed by atoms with Crippen molar-refractivity contribution in [2.24, 2.45) is 0 Å². The van der Waals surface area contributed by atoms with Gasteiger partial charge in [-0.05, 0) is 67.2 Å². The number of aryl methyl sites for hydroxylation is 1. The number of nitrogens with one attached hydrogen (secondary N) is 2. The van der Waals surface area contributed by atoms with Crippen molar-refractivity contribution in [3.8, 4) is 11.3 Å². The number of hydrogen-bond donors (Lipinski definition) is 2. The number of carbonyl (C=O) groups excluding carboxylic acids is 1. The number of amides is 1. The van der Waals surface area contributed by atoms with Gasteiger partial charge in [0, 0.05) is 42.5 Å². The van der Waals surface area contributed by atoms with Gasteiger partial charge in [0.05, 0.1) is 16.7 Å². The van der Waals surface area contributed by atoms with Gasteiger partial charge in [-0.15, -0.1) is 0 Å². The number of nitrogens with zero attached hydrogens (tertiary/aromatic N) is 3. The molecule has 1 fully saturated rings. The van der Waals surface area contributed by atoms with Crippen molar-refractivity contribution in [1.82, 2.24) is 15.2 Å². The molecule has 0 bridgehead atoms. The van der Waals surface area contributed by atoms with E-state index in [0.717, 1.165) is 16.9 Å². The van der Waals surface area contributed by atoms with Gasteiger partial charge in [0.2, 0.25) is 5.91 Å². The topological polar surface area (TPSA) is 114 Å². The minimum absolute atomic E-state index is 0.0104. The summed E-state index contributed by atoms with van der Waals surface area (Å²) in [6, 6.07) is 22.6. The molecule has 1 aliphatic rings. The molecule has 2 N–H and O–H groups in total. The average Bonchev–Trinajstić information content (AvgIpc) is 3.54. The molecule has 3 heterocycles. The fraction of sp³-hybridized carbons (Fsp3) is 0.179. The largest absolute Gasteiger partial charge is 0.459 e. The Balaban J connectivity index is 1.40. The van der Waals surface area contributed by atoms with Crippen LogP contribution >= 0.6 is 12.2 Å². The van der Waals surface area contributed by atoms with E-state index >= 15 is 0 Å². The summed E-state index contributed by atoms with van der Waals surface area (Å²) in [5, 5.41) is 17.8. The Morgan fingerprint density at radius 2 is 1.87 bits per heavy atom. The minimum atomic E-state index is -0.437. The second-order valence-electron chi connectivity index (χ2n) is 8.94. The molecule has 5 rings (SSSR count). The molecule has 2 atom stereocenters. The number of carbonyl (C=O) groups is 1. The number of nitro groups is 1. The van der Waals surface area contributed by atoms with Gasteiger partial charge in [0.1, 0.15) is 17.6 Å². The van der Waals surface area contributed by atoms with Crippen LogP contribution in [0.2, 0.25) is 0 Å². The van der Waals surface area contributed by atoms with Gasteiger partial charge in [-0.1, -0.05) is 24.3 Å². The number of pyridine rings is 1. The lowest BCUT2D eigenvalue weighted by atomic mass is 10.0. The number of hydrogen-bond acceptors (Lipinski definition) is 6. The zero-order valence-corrected chi connectivity index (χ0v) is 21.4. The fourth-order valence-corrected chi connectivity index (χ4v) is 4.85. The molecule has 1 amide bonds. The number of furan rings is 1. The van der Waals surface area contributed by atoms with Crippen molar-refractivity contribution in [3.05, 3.63) is 112 Å². The molecule has 0 spiro atoms. The highest BCUT2D eigenvalue weighted by molar-refractivity contribution is 7.80. The molecular formula is C28H25N5O4S. The van der Waals surface area contributed by atoms with E-state index in [1.807, 2.05) is 66.4 Å². The number of aromatic nitrogens is 1. The Labute approximate surface area is 224 Å². The van der Waals surface area contributed by atoms with Crippen LogP contribution in [0.1, 0.15) is 35.5 Å². The summed E-state index contributed by atoms with van der Waals surface area (Å²) in [7, 11) is 0. The van der Waals surface area contributed by atoms with Gasteiger partial charge < -0.3 is 20.0 Å². The predicted octanol–water partition coefficient (Wildman–Crippen LogP) is 5.56. The van der Waals surface area contributed by atoms with Gasteiger partial charge in [-0.3, -0.25) is 19.9 Å². The molecule has 0 saturated carbocycles. The van der Waals surface area contributed by atoms with Gasteiger partial charge in [0.15, 0.2) is 5.11 Å². The van der Waals surface area contributed by atoms with Crippen LogP contribution in [0, 0.1) is 17.0 Å². The van der Waals surface area contributed by atoms with E-state index in [-0.39, 0.29) is 30.1 Å². The highest BCUT2D eigenvalue weighted by atomic mass is 32.1. The molecule has 10 heteroatoms. The lowest BCUT2D eigenvalue weighted by Crippen LogP contribution is -2.32. The monoisotopic (exact) mass is 527 g/mol. The zero-order chi connectivity index (χ0) is 26.6. The number of non-ortho nitro benzene ring substituents is 1. The third-order valence-corrected chi connectivity index (χ3v) is 6.83. The van der Waals surface area contributed by atoms with E-state index in [1.165, 1.54) is 12.1 Å². The van der Waals surface area contributed by atoms with Crippen molar-refractivity contribution in [2.75, 3.05) is 11.9 Å². The Morgan fingerprint density at radius 3 is 2.58 bits per heavy atom. The standard InChI is InChI=1S/C28H25N5O4S/c1-18-6-2-3-7-21(18)30-25(34)15-17-32-27(26(31-28(32)38)22-8-4-5-16-29-22)24-14-13-23(37-24)19-9-11-20(12-10-19)33(35)36/h2-14,16,26-27H,15,17H2,1H3,(H,30,34)(H,31,38)/t26-,27-/m0/s1.